The first kappa shape index (κ1) is 13.8. The van der Waals surface area contributed by atoms with E-state index in [2.05, 4.69) is 27.0 Å². The Bertz CT molecular complexity index is 834. The summed E-state index contributed by atoms with van der Waals surface area (Å²) in [7, 11) is 0. The van der Waals surface area contributed by atoms with Crippen LogP contribution in [0.4, 0.5) is 5.82 Å². The van der Waals surface area contributed by atoms with Crippen LogP contribution in [0.2, 0.25) is 0 Å². The predicted octanol–water partition coefficient (Wildman–Crippen LogP) is 4.69. The lowest BCUT2D eigenvalue weighted by Gasteiger charge is -2.08. The van der Waals surface area contributed by atoms with E-state index in [0.29, 0.717) is 5.56 Å². The fraction of sp³-hybridized carbons (Fsp3) is 0. The number of anilines is 1. The number of benzene rings is 1. The second kappa shape index (κ2) is 5.68. The summed E-state index contributed by atoms with van der Waals surface area (Å²) < 4.78 is 0.989. The normalized spacial score (nSPS) is 10.3. The minimum Gasteiger partial charge on any atom is -0.383 e. The van der Waals surface area contributed by atoms with E-state index < -0.39 is 0 Å². The van der Waals surface area contributed by atoms with E-state index in [1.165, 1.54) is 0 Å². The molecule has 0 fully saturated rings. The number of halogens is 1. The third kappa shape index (κ3) is 2.68. The molecule has 2 N–H and O–H groups in total. The molecule has 2 aromatic heterocycles. The van der Waals surface area contributed by atoms with Crippen LogP contribution in [-0.2, 0) is 0 Å². The zero-order valence-electron chi connectivity index (χ0n) is 10.9. The zero-order valence-corrected chi connectivity index (χ0v) is 13.3. The maximum absolute atomic E-state index is 9.35. The smallest absolute Gasteiger partial charge is 0.142 e. The molecule has 0 radical (unpaired) electrons. The molecule has 3 aromatic rings. The van der Waals surface area contributed by atoms with Crippen LogP contribution >= 0.6 is 27.3 Å². The van der Waals surface area contributed by atoms with Crippen LogP contribution in [-0.4, -0.2) is 4.98 Å². The number of pyridine rings is 1. The lowest BCUT2D eigenvalue weighted by atomic mass is 10.0. The molecule has 0 spiro atoms. The average molecular weight is 356 g/mol. The van der Waals surface area contributed by atoms with Crippen molar-refractivity contribution in [2.75, 3.05) is 5.73 Å². The molecular formula is C16H10BrN3S. The highest BCUT2D eigenvalue weighted by Crippen LogP contribution is 2.35. The maximum Gasteiger partial charge on any atom is 0.142 e. The summed E-state index contributed by atoms with van der Waals surface area (Å²) in [4.78, 5) is 5.35. The standard InChI is InChI=1S/C16H10BrN3S/c17-11-6-15(21-9-11)12-7-14(10-4-2-1-3-5-10)20-16(19)13(12)8-18/h1-7,9H,(H2,19,20). The largest absolute Gasteiger partial charge is 0.383 e. The van der Waals surface area contributed by atoms with Gasteiger partial charge in [0.15, 0.2) is 0 Å². The molecule has 3 rings (SSSR count). The van der Waals surface area contributed by atoms with Crippen molar-refractivity contribution < 1.29 is 0 Å². The van der Waals surface area contributed by atoms with Crippen molar-refractivity contribution in [1.82, 2.24) is 4.98 Å². The van der Waals surface area contributed by atoms with Gasteiger partial charge in [-0.1, -0.05) is 30.3 Å². The quantitative estimate of drug-likeness (QED) is 0.724. The summed E-state index contributed by atoms with van der Waals surface area (Å²) >= 11 is 5.00. The monoisotopic (exact) mass is 355 g/mol. The highest BCUT2D eigenvalue weighted by molar-refractivity contribution is 9.10. The molecule has 0 aliphatic rings. The van der Waals surface area contributed by atoms with Crippen LogP contribution in [0, 0.1) is 11.3 Å². The van der Waals surface area contributed by atoms with Gasteiger partial charge in [0.1, 0.15) is 17.5 Å². The molecule has 1 aromatic carbocycles. The van der Waals surface area contributed by atoms with E-state index in [1.807, 2.05) is 47.8 Å². The Labute approximate surface area is 134 Å². The summed E-state index contributed by atoms with van der Waals surface area (Å²) in [6.07, 6.45) is 0. The number of thiophene rings is 1. The Morgan fingerprint density at radius 1 is 1.19 bits per heavy atom. The molecule has 0 atom stereocenters. The molecule has 0 saturated carbocycles. The molecule has 0 bridgehead atoms. The van der Waals surface area contributed by atoms with Crippen molar-refractivity contribution in [2.45, 2.75) is 0 Å². The minimum atomic E-state index is 0.262. The van der Waals surface area contributed by atoms with Gasteiger partial charge in [0.05, 0.1) is 5.69 Å². The van der Waals surface area contributed by atoms with Gasteiger partial charge in [0.25, 0.3) is 0 Å². The van der Waals surface area contributed by atoms with Crippen LogP contribution in [0.3, 0.4) is 0 Å². The Kier molecular flexibility index (Phi) is 3.74. The number of hydrogen-bond acceptors (Lipinski definition) is 4. The van der Waals surface area contributed by atoms with E-state index in [4.69, 9.17) is 5.73 Å². The van der Waals surface area contributed by atoms with Crippen molar-refractivity contribution in [2.24, 2.45) is 0 Å². The average Bonchev–Trinajstić information content (AvgIpc) is 2.94. The molecule has 102 valence electrons. The van der Waals surface area contributed by atoms with E-state index >= 15 is 0 Å². The second-order valence-corrected chi connectivity index (χ2v) is 6.25. The topological polar surface area (TPSA) is 62.7 Å². The summed E-state index contributed by atoms with van der Waals surface area (Å²) in [6.45, 7) is 0. The number of nitrogens with two attached hydrogens (primary N) is 1. The van der Waals surface area contributed by atoms with Gasteiger partial charge >= 0.3 is 0 Å². The van der Waals surface area contributed by atoms with Gasteiger partial charge in [0, 0.05) is 25.9 Å². The van der Waals surface area contributed by atoms with Gasteiger partial charge < -0.3 is 5.73 Å². The highest BCUT2D eigenvalue weighted by atomic mass is 79.9. The number of nitrogen functional groups attached to an aromatic ring is 1. The van der Waals surface area contributed by atoms with Gasteiger partial charge in [0.2, 0.25) is 0 Å². The zero-order chi connectivity index (χ0) is 14.8. The summed E-state index contributed by atoms with van der Waals surface area (Å²) in [5.41, 5.74) is 8.96. The van der Waals surface area contributed by atoms with Crippen LogP contribution in [0.15, 0.2) is 52.3 Å². The third-order valence-corrected chi connectivity index (χ3v) is 4.79. The fourth-order valence-electron chi connectivity index (χ4n) is 2.09. The van der Waals surface area contributed by atoms with Crippen LogP contribution in [0.25, 0.3) is 21.7 Å². The van der Waals surface area contributed by atoms with Gasteiger partial charge in [-0.2, -0.15) is 5.26 Å². The highest BCUT2D eigenvalue weighted by Gasteiger charge is 2.14. The second-order valence-electron chi connectivity index (χ2n) is 4.42. The third-order valence-electron chi connectivity index (χ3n) is 3.06. The summed E-state index contributed by atoms with van der Waals surface area (Å²) in [5, 5.41) is 11.3. The van der Waals surface area contributed by atoms with E-state index in [1.54, 1.807) is 11.3 Å². The van der Waals surface area contributed by atoms with Crippen LogP contribution in [0.5, 0.6) is 0 Å². The first-order valence-corrected chi connectivity index (χ1v) is 7.87. The Hall–Kier alpha value is -2.16. The lowest BCUT2D eigenvalue weighted by molar-refractivity contribution is 1.31. The SMILES string of the molecule is N#Cc1c(-c2cc(Br)cs2)cc(-c2ccccc2)nc1N. The van der Waals surface area contributed by atoms with Crippen LogP contribution in [0.1, 0.15) is 5.56 Å². The van der Waals surface area contributed by atoms with Gasteiger partial charge in [-0.05, 0) is 28.1 Å². The molecule has 3 nitrogen and oxygen atoms in total. The lowest BCUT2D eigenvalue weighted by Crippen LogP contribution is -1.99. The van der Waals surface area contributed by atoms with Crippen molar-refractivity contribution in [3.05, 3.63) is 57.9 Å². The van der Waals surface area contributed by atoms with Crippen LogP contribution < -0.4 is 5.73 Å². The number of nitrogens with zero attached hydrogens (tertiary/aromatic N) is 2. The molecule has 2 heterocycles. The molecule has 0 saturated heterocycles. The van der Waals surface area contributed by atoms with Gasteiger partial charge in [-0.25, -0.2) is 4.98 Å². The van der Waals surface area contributed by atoms with Crippen molar-refractivity contribution >= 4 is 33.1 Å². The Morgan fingerprint density at radius 3 is 2.57 bits per heavy atom. The molecule has 0 unspecified atom stereocenters. The first-order chi connectivity index (χ1) is 10.2. The molecule has 0 amide bonds. The van der Waals surface area contributed by atoms with Gasteiger partial charge in [-0.3, -0.25) is 0 Å². The Morgan fingerprint density at radius 2 is 1.95 bits per heavy atom. The summed E-state index contributed by atoms with van der Waals surface area (Å²) in [6, 6.07) is 15.9. The molecular weight excluding hydrogens is 346 g/mol. The Balaban J connectivity index is 2.23. The molecule has 21 heavy (non-hydrogen) atoms. The molecule has 5 heteroatoms. The van der Waals surface area contributed by atoms with E-state index in [9.17, 15) is 5.26 Å². The predicted molar refractivity (Wildman–Crippen MR) is 89.8 cm³/mol. The first-order valence-electron chi connectivity index (χ1n) is 6.19. The van der Waals surface area contributed by atoms with E-state index in [0.717, 1.165) is 26.2 Å². The number of rotatable bonds is 2. The molecule has 0 aliphatic heterocycles. The molecule has 0 aliphatic carbocycles. The number of aromatic nitrogens is 1. The van der Waals surface area contributed by atoms with Crippen molar-refractivity contribution in [1.29, 1.82) is 5.26 Å². The van der Waals surface area contributed by atoms with Crippen molar-refractivity contribution in [3.8, 4) is 27.8 Å². The minimum absolute atomic E-state index is 0.262. The maximum atomic E-state index is 9.35. The number of hydrogen-bond donors (Lipinski definition) is 1. The van der Waals surface area contributed by atoms with Crippen molar-refractivity contribution in [3.63, 3.8) is 0 Å². The van der Waals surface area contributed by atoms with E-state index in [-0.39, 0.29) is 5.82 Å². The summed E-state index contributed by atoms with van der Waals surface area (Å²) in [5.74, 6) is 0.262. The van der Waals surface area contributed by atoms with Gasteiger partial charge in [-0.15, -0.1) is 11.3 Å². The fourth-order valence-corrected chi connectivity index (χ4v) is 3.54. The number of nitriles is 1.